The minimum atomic E-state index is -3.36. The summed E-state index contributed by atoms with van der Waals surface area (Å²) in [4.78, 5) is 0. The predicted octanol–water partition coefficient (Wildman–Crippen LogP) is 2.21. The van der Waals surface area contributed by atoms with Crippen LogP contribution in [0.2, 0.25) is 0 Å². The second-order valence-electron chi connectivity index (χ2n) is 7.52. The number of phenols is 1. The van der Waals surface area contributed by atoms with Gasteiger partial charge in [-0.1, -0.05) is 26.0 Å². The van der Waals surface area contributed by atoms with Gasteiger partial charge in [-0.15, -0.1) is 0 Å². The lowest BCUT2D eigenvalue weighted by Gasteiger charge is -2.39. The summed E-state index contributed by atoms with van der Waals surface area (Å²) in [6, 6.07) is 9.69. The van der Waals surface area contributed by atoms with Crippen LogP contribution in [0, 0.1) is 5.92 Å². The number of aliphatic hydroxyl groups is 1. The molecule has 0 aliphatic carbocycles. The maximum Gasteiger partial charge on any atom is 0.231 e. The Morgan fingerprint density at radius 1 is 1.14 bits per heavy atom. The number of hydrogen-bond donors (Lipinski definition) is 3. The van der Waals surface area contributed by atoms with Gasteiger partial charge in [0.2, 0.25) is 6.79 Å². The molecule has 2 unspecified atom stereocenters. The summed E-state index contributed by atoms with van der Waals surface area (Å²) < 4.78 is 34.1. The molecule has 0 aromatic heterocycles. The van der Waals surface area contributed by atoms with Crippen molar-refractivity contribution in [3.63, 3.8) is 0 Å². The number of phenolic OH excluding ortho intramolecular Hbond substituents is 1. The van der Waals surface area contributed by atoms with Crippen molar-refractivity contribution < 1.29 is 28.1 Å². The van der Waals surface area contributed by atoms with Crippen molar-refractivity contribution in [1.82, 2.24) is 0 Å². The summed E-state index contributed by atoms with van der Waals surface area (Å²) in [6.45, 7) is 3.92. The van der Waals surface area contributed by atoms with E-state index in [4.69, 9.17) is 15.2 Å². The van der Waals surface area contributed by atoms with Crippen LogP contribution in [0.1, 0.15) is 36.6 Å². The predicted molar refractivity (Wildman–Crippen MR) is 105 cm³/mol. The van der Waals surface area contributed by atoms with Crippen LogP contribution in [0.5, 0.6) is 17.2 Å². The van der Waals surface area contributed by atoms with Crippen LogP contribution in [0.3, 0.4) is 0 Å². The molecule has 4 N–H and O–H groups in total. The third-order valence-corrected chi connectivity index (χ3v) is 5.95. The molecule has 0 saturated heterocycles. The number of aromatic hydroxyl groups is 1. The van der Waals surface area contributed by atoms with Gasteiger partial charge in [-0.3, -0.25) is 0 Å². The minimum absolute atomic E-state index is 0.132. The molecule has 1 aliphatic rings. The molecule has 0 amide bonds. The standard InChI is InChI=1S/C20H25NO6S/c1-12(2)20(21,15-5-7-17-18(9-15)27-11-26-17)19(23)13-4-6-16(22)14(8-13)10-28(3,24)25/h4-9,12,19,22-23H,10-11,21H2,1-3H3. The summed E-state index contributed by atoms with van der Waals surface area (Å²) in [5.41, 5.74) is 6.84. The fourth-order valence-corrected chi connectivity index (χ4v) is 4.22. The fourth-order valence-electron chi connectivity index (χ4n) is 3.42. The van der Waals surface area contributed by atoms with Crippen LogP contribution in [0.4, 0.5) is 0 Å². The summed E-state index contributed by atoms with van der Waals surface area (Å²) in [6.07, 6.45) is -0.0597. The molecule has 0 radical (unpaired) electrons. The first-order valence-corrected chi connectivity index (χ1v) is 10.9. The molecule has 2 aromatic carbocycles. The van der Waals surface area contributed by atoms with Crippen LogP contribution in [-0.2, 0) is 21.1 Å². The van der Waals surface area contributed by atoms with E-state index in [1.54, 1.807) is 24.3 Å². The highest BCUT2D eigenvalue weighted by Gasteiger charge is 2.40. The van der Waals surface area contributed by atoms with Crippen molar-refractivity contribution in [2.75, 3.05) is 13.0 Å². The van der Waals surface area contributed by atoms with Crippen molar-refractivity contribution in [2.45, 2.75) is 31.2 Å². The molecule has 0 bridgehead atoms. The summed E-state index contributed by atoms with van der Waals surface area (Å²) in [5.74, 6) is 0.530. The first-order valence-electron chi connectivity index (χ1n) is 8.89. The average molecular weight is 407 g/mol. The highest BCUT2D eigenvalue weighted by atomic mass is 32.2. The van der Waals surface area contributed by atoms with Gasteiger partial charge in [0.15, 0.2) is 21.3 Å². The Balaban J connectivity index is 2.04. The molecular formula is C20H25NO6S. The highest BCUT2D eigenvalue weighted by molar-refractivity contribution is 7.89. The number of hydrogen-bond acceptors (Lipinski definition) is 7. The van der Waals surface area contributed by atoms with Gasteiger partial charge in [0.05, 0.1) is 11.3 Å². The molecule has 1 heterocycles. The Kier molecular flexibility index (Phi) is 5.31. The Bertz CT molecular complexity index is 988. The number of sulfone groups is 1. The van der Waals surface area contributed by atoms with Crippen LogP contribution in [0.25, 0.3) is 0 Å². The molecule has 0 spiro atoms. The third-order valence-electron chi connectivity index (χ3n) is 5.12. The Labute approximate surface area is 164 Å². The van der Waals surface area contributed by atoms with Crippen molar-refractivity contribution >= 4 is 9.84 Å². The zero-order valence-electron chi connectivity index (χ0n) is 16.0. The van der Waals surface area contributed by atoms with Crippen LogP contribution in [0.15, 0.2) is 36.4 Å². The lowest BCUT2D eigenvalue weighted by molar-refractivity contribution is 0.0518. The first-order chi connectivity index (χ1) is 13.0. The lowest BCUT2D eigenvalue weighted by atomic mass is 9.74. The fraction of sp³-hybridized carbons (Fsp3) is 0.400. The quantitative estimate of drug-likeness (QED) is 0.672. The van der Waals surface area contributed by atoms with Crippen LogP contribution >= 0.6 is 0 Å². The third kappa shape index (κ3) is 3.80. The number of nitrogens with two attached hydrogens (primary N) is 1. The number of ether oxygens (including phenoxy) is 2. The Hall–Kier alpha value is -2.29. The van der Waals surface area contributed by atoms with Crippen LogP contribution < -0.4 is 15.2 Å². The summed E-state index contributed by atoms with van der Waals surface area (Å²) in [7, 11) is -3.36. The minimum Gasteiger partial charge on any atom is -0.508 e. The van der Waals surface area contributed by atoms with Crippen molar-refractivity contribution in [3.8, 4) is 17.2 Å². The molecule has 8 heteroatoms. The molecule has 3 rings (SSSR count). The Morgan fingerprint density at radius 2 is 1.82 bits per heavy atom. The van der Waals surface area contributed by atoms with E-state index in [0.29, 0.717) is 22.6 Å². The molecule has 2 aromatic rings. The second kappa shape index (κ2) is 7.27. The summed E-state index contributed by atoms with van der Waals surface area (Å²) in [5, 5.41) is 21.2. The number of rotatable bonds is 6. The maximum absolute atomic E-state index is 11.6. The largest absolute Gasteiger partial charge is 0.508 e. The van der Waals surface area contributed by atoms with Gasteiger partial charge in [-0.05, 0) is 41.3 Å². The molecule has 2 atom stereocenters. The normalized spacial score (nSPS) is 16.8. The van der Waals surface area contributed by atoms with Gasteiger partial charge in [0.25, 0.3) is 0 Å². The van der Waals surface area contributed by atoms with Crippen molar-refractivity contribution in [3.05, 3.63) is 53.1 Å². The van der Waals surface area contributed by atoms with Gasteiger partial charge in [-0.25, -0.2) is 8.42 Å². The molecule has 7 nitrogen and oxygen atoms in total. The van der Waals surface area contributed by atoms with E-state index in [9.17, 15) is 18.6 Å². The van der Waals surface area contributed by atoms with Crippen LogP contribution in [-0.4, -0.2) is 31.7 Å². The molecular weight excluding hydrogens is 382 g/mol. The topological polar surface area (TPSA) is 119 Å². The highest BCUT2D eigenvalue weighted by Crippen LogP contribution is 2.43. The van der Waals surface area contributed by atoms with Gasteiger partial charge < -0.3 is 25.4 Å². The SMILES string of the molecule is CC(C)C(N)(c1ccc2c(c1)OCO2)C(O)c1ccc(O)c(CS(C)(=O)=O)c1. The smallest absolute Gasteiger partial charge is 0.231 e. The van der Waals surface area contributed by atoms with Crippen molar-refractivity contribution in [2.24, 2.45) is 11.7 Å². The van der Waals surface area contributed by atoms with Gasteiger partial charge in [0.1, 0.15) is 11.9 Å². The summed E-state index contributed by atoms with van der Waals surface area (Å²) >= 11 is 0. The maximum atomic E-state index is 11.6. The monoisotopic (exact) mass is 407 g/mol. The van der Waals surface area contributed by atoms with E-state index in [0.717, 1.165) is 6.26 Å². The van der Waals surface area contributed by atoms with Gasteiger partial charge in [-0.2, -0.15) is 0 Å². The lowest BCUT2D eigenvalue weighted by Crippen LogP contribution is -2.47. The van der Waals surface area contributed by atoms with E-state index in [-0.39, 0.29) is 29.8 Å². The number of benzene rings is 2. The zero-order valence-corrected chi connectivity index (χ0v) is 16.9. The molecule has 152 valence electrons. The molecule has 0 fully saturated rings. The molecule has 28 heavy (non-hydrogen) atoms. The first kappa shape index (κ1) is 20.4. The Morgan fingerprint density at radius 3 is 2.46 bits per heavy atom. The number of fused-ring (bicyclic) bond motifs is 1. The number of aliphatic hydroxyl groups excluding tert-OH is 1. The van der Waals surface area contributed by atoms with Crippen molar-refractivity contribution in [1.29, 1.82) is 0 Å². The average Bonchev–Trinajstić information content (AvgIpc) is 3.08. The van der Waals surface area contributed by atoms with E-state index < -0.39 is 21.5 Å². The van der Waals surface area contributed by atoms with Gasteiger partial charge in [0, 0.05) is 11.8 Å². The molecule has 1 aliphatic heterocycles. The van der Waals surface area contributed by atoms with E-state index >= 15 is 0 Å². The van der Waals surface area contributed by atoms with E-state index in [2.05, 4.69) is 0 Å². The van der Waals surface area contributed by atoms with E-state index in [1.807, 2.05) is 13.8 Å². The van der Waals surface area contributed by atoms with E-state index in [1.165, 1.54) is 12.1 Å². The zero-order chi connectivity index (χ0) is 20.7. The second-order valence-corrected chi connectivity index (χ2v) is 9.66. The van der Waals surface area contributed by atoms with Gasteiger partial charge >= 0.3 is 0 Å². The molecule has 0 saturated carbocycles.